The molecule has 0 radical (unpaired) electrons. The van der Waals surface area contributed by atoms with Gasteiger partial charge in [-0.05, 0) is 27.7 Å². The Labute approximate surface area is 118 Å². The summed E-state index contributed by atoms with van der Waals surface area (Å²) in [6, 6.07) is 0.919. The second kappa shape index (κ2) is 12.3. The molecule has 0 rings (SSSR count). The number of hydrogen-bond acceptors (Lipinski definition) is 4. The van der Waals surface area contributed by atoms with Crippen molar-refractivity contribution in [2.45, 2.75) is 47.1 Å². The normalized spacial score (nSPS) is 10.6. The number of primary amides is 1. The number of carbonyl (C=O) groups excluding carboxylic acids is 1. The molecule has 5 nitrogen and oxygen atoms in total. The van der Waals surface area contributed by atoms with Crippen LogP contribution in [0.3, 0.4) is 0 Å². The molecule has 0 spiro atoms. The molecule has 0 heterocycles. The van der Waals surface area contributed by atoms with E-state index in [1.54, 1.807) is 6.92 Å². The van der Waals surface area contributed by atoms with E-state index in [0.29, 0.717) is 25.4 Å². The first-order valence-corrected chi connectivity index (χ1v) is 8.69. The number of amides is 1. The van der Waals surface area contributed by atoms with E-state index >= 15 is 0 Å². The third kappa shape index (κ3) is 10.9. The predicted molar refractivity (Wildman–Crippen MR) is 79.7 cm³/mol. The molecule has 0 fully saturated rings. The zero-order valence-corrected chi connectivity index (χ0v) is 14.0. The highest BCUT2D eigenvalue weighted by Crippen LogP contribution is 2.17. The van der Waals surface area contributed by atoms with Crippen LogP contribution in [0.25, 0.3) is 0 Å². The van der Waals surface area contributed by atoms with Gasteiger partial charge in [-0.25, -0.2) is 0 Å². The van der Waals surface area contributed by atoms with Crippen molar-refractivity contribution in [2.75, 3.05) is 19.8 Å². The van der Waals surface area contributed by atoms with Gasteiger partial charge >= 0.3 is 8.80 Å². The third-order valence-electron chi connectivity index (χ3n) is 2.07. The van der Waals surface area contributed by atoms with Crippen LogP contribution in [0.4, 0.5) is 0 Å². The molecule has 114 valence electrons. The minimum atomic E-state index is -2.30. The molecule has 0 aliphatic heterocycles. The van der Waals surface area contributed by atoms with Crippen LogP contribution in [-0.4, -0.2) is 34.5 Å². The van der Waals surface area contributed by atoms with Gasteiger partial charge < -0.3 is 19.0 Å². The molecule has 0 aromatic heterocycles. The molecule has 0 aliphatic carbocycles. The van der Waals surface area contributed by atoms with Crippen LogP contribution in [-0.2, 0) is 18.1 Å². The Morgan fingerprint density at radius 3 is 1.53 bits per heavy atom. The lowest BCUT2D eigenvalue weighted by molar-refractivity contribution is -0.114. The van der Waals surface area contributed by atoms with Crippen molar-refractivity contribution in [3.8, 4) is 0 Å². The van der Waals surface area contributed by atoms with E-state index in [9.17, 15) is 4.79 Å². The van der Waals surface area contributed by atoms with E-state index in [0.717, 1.165) is 12.5 Å². The van der Waals surface area contributed by atoms with Crippen LogP contribution in [0.2, 0.25) is 6.04 Å². The van der Waals surface area contributed by atoms with Gasteiger partial charge in [-0.1, -0.05) is 19.9 Å². The van der Waals surface area contributed by atoms with Crippen molar-refractivity contribution < 1.29 is 18.1 Å². The highest BCUT2D eigenvalue weighted by molar-refractivity contribution is 6.60. The lowest BCUT2D eigenvalue weighted by Gasteiger charge is -2.27. The van der Waals surface area contributed by atoms with Gasteiger partial charge in [0.05, 0.1) is 0 Å². The summed E-state index contributed by atoms with van der Waals surface area (Å²) >= 11 is 0. The molecule has 0 bridgehead atoms. The monoisotopic (exact) mass is 291 g/mol. The summed E-state index contributed by atoms with van der Waals surface area (Å²) in [4.78, 5) is 9.82. The Balaban J connectivity index is 0. The van der Waals surface area contributed by atoms with Crippen LogP contribution in [0.15, 0.2) is 12.2 Å². The van der Waals surface area contributed by atoms with Crippen LogP contribution in [0.1, 0.15) is 41.0 Å². The van der Waals surface area contributed by atoms with Gasteiger partial charge in [-0.2, -0.15) is 0 Å². The van der Waals surface area contributed by atoms with E-state index < -0.39 is 14.7 Å². The lowest BCUT2D eigenvalue weighted by atomic mass is 10.3. The van der Waals surface area contributed by atoms with Crippen LogP contribution in [0, 0.1) is 0 Å². The molecule has 6 heteroatoms. The second-order valence-corrected chi connectivity index (χ2v) is 6.61. The highest BCUT2D eigenvalue weighted by atomic mass is 28.4. The molecule has 0 saturated carbocycles. The maximum Gasteiger partial charge on any atom is 0.500 e. The molecular weight excluding hydrogens is 262 g/mol. The Bertz CT molecular complexity index is 218. The number of nitrogens with two attached hydrogens (primary N) is 1. The van der Waals surface area contributed by atoms with Crippen molar-refractivity contribution in [3.05, 3.63) is 12.2 Å². The summed E-state index contributed by atoms with van der Waals surface area (Å²) < 4.78 is 16.9. The number of carbonyl (C=O) groups is 1. The first-order chi connectivity index (χ1) is 8.89. The van der Waals surface area contributed by atoms with Crippen molar-refractivity contribution in [2.24, 2.45) is 5.73 Å². The van der Waals surface area contributed by atoms with Crippen LogP contribution < -0.4 is 5.73 Å². The maximum atomic E-state index is 9.82. The lowest BCUT2D eigenvalue weighted by Crippen LogP contribution is -2.45. The third-order valence-corrected chi connectivity index (χ3v) is 5.37. The van der Waals surface area contributed by atoms with E-state index in [4.69, 9.17) is 19.0 Å². The molecule has 0 atom stereocenters. The van der Waals surface area contributed by atoms with E-state index in [1.807, 2.05) is 20.8 Å². The van der Waals surface area contributed by atoms with Gasteiger partial charge in [0.2, 0.25) is 5.91 Å². The molecule has 0 unspecified atom stereocenters. The molecule has 0 aromatic rings. The van der Waals surface area contributed by atoms with Crippen LogP contribution in [0.5, 0.6) is 0 Å². The minimum absolute atomic E-state index is 0.398. The summed E-state index contributed by atoms with van der Waals surface area (Å²) in [5, 5.41) is 0. The number of hydrogen-bond donors (Lipinski definition) is 1. The molecule has 1 amide bonds. The fourth-order valence-electron chi connectivity index (χ4n) is 1.31. The van der Waals surface area contributed by atoms with Crippen LogP contribution >= 0.6 is 0 Å². The molecule has 2 N–H and O–H groups in total. The SMILES string of the molecule is C=C(C)C(N)=O.CCC[Si](OCC)(OCC)OCC. The smallest absolute Gasteiger partial charge is 0.374 e. The molecule has 0 saturated heterocycles. The average molecular weight is 291 g/mol. The minimum Gasteiger partial charge on any atom is -0.374 e. The Morgan fingerprint density at radius 1 is 1.05 bits per heavy atom. The standard InChI is InChI=1S/C9H22O3Si.C4H7NO/c1-5-9-13(10-6-2,11-7-3)12-8-4;1-3(2)4(5)6/h5-9H2,1-4H3;1H2,2H3,(H2,5,6). The fraction of sp³-hybridized carbons (Fsp3) is 0.769. The van der Waals surface area contributed by atoms with Gasteiger partial charge in [-0.15, -0.1) is 0 Å². The fourth-order valence-corrected chi connectivity index (χ4v) is 3.92. The molecule has 19 heavy (non-hydrogen) atoms. The molecular formula is C13H29NO4Si. The summed E-state index contributed by atoms with van der Waals surface area (Å²) in [5.74, 6) is -0.435. The summed E-state index contributed by atoms with van der Waals surface area (Å²) in [6.07, 6.45) is 1.05. The van der Waals surface area contributed by atoms with E-state index in [-0.39, 0.29) is 0 Å². The largest absolute Gasteiger partial charge is 0.500 e. The van der Waals surface area contributed by atoms with Gasteiger partial charge in [0.25, 0.3) is 0 Å². The summed E-state index contributed by atoms with van der Waals surface area (Å²) in [5.41, 5.74) is 5.09. The number of rotatable bonds is 9. The summed E-state index contributed by atoms with van der Waals surface area (Å²) in [6.45, 7) is 14.9. The molecule has 0 aromatic carbocycles. The quantitative estimate of drug-likeness (QED) is 0.523. The van der Waals surface area contributed by atoms with Gasteiger partial charge in [-0.3, -0.25) is 4.79 Å². The topological polar surface area (TPSA) is 70.8 Å². The molecule has 0 aliphatic rings. The first-order valence-electron chi connectivity index (χ1n) is 6.76. The first kappa shape index (κ1) is 20.6. The van der Waals surface area contributed by atoms with Crippen molar-refractivity contribution in [1.29, 1.82) is 0 Å². The zero-order chi connectivity index (χ0) is 15.3. The van der Waals surface area contributed by atoms with Crippen molar-refractivity contribution >= 4 is 14.7 Å². The van der Waals surface area contributed by atoms with E-state index in [1.165, 1.54) is 0 Å². The maximum absolute atomic E-state index is 9.82. The van der Waals surface area contributed by atoms with Gasteiger partial charge in [0.1, 0.15) is 0 Å². The van der Waals surface area contributed by atoms with Gasteiger partial charge in [0, 0.05) is 31.4 Å². The Kier molecular flexibility index (Phi) is 13.4. The second-order valence-electron chi connectivity index (χ2n) is 3.88. The van der Waals surface area contributed by atoms with E-state index in [2.05, 4.69) is 13.5 Å². The predicted octanol–water partition coefficient (Wildman–Crippen LogP) is 2.49. The van der Waals surface area contributed by atoms with Crippen molar-refractivity contribution in [3.63, 3.8) is 0 Å². The van der Waals surface area contributed by atoms with Crippen molar-refractivity contribution in [1.82, 2.24) is 0 Å². The van der Waals surface area contributed by atoms with Gasteiger partial charge in [0.15, 0.2) is 0 Å². The highest BCUT2D eigenvalue weighted by Gasteiger charge is 2.38. The Hall–Kier alpha value is -0.693. The summed E-state index contributed by atoms with van der Waals surface area (Å²) in [7, 11) is -2.30. The Morgan fingerprint density at radius 2 is 1.37 bits per heavy atom. The zero-order valence-electron chi connectivity index (χ0n) is 13.0. The average Bonchev–Trinajstić information content (AvgIpc) is 2.31.